The lowest BCUT2D eigenvalue weighted by Gasteiger charge is -2.28. The zero-order valence-electron chi connectivity index (χ0n) is 12.4. The minimum absolute atomic E-state index is 0. The van der Waals surface area contributed by atoms with E-state index >= 15 is 0 Å². The number of nitrogens with zero attached hydrogens (tertiary/aromatic N) is 1. The highest BCUT2D eigenvalue weighted by Crippen LogP contribution is 2.40. The van der Waals surface area contributed by atoms with Crippen LogP contribution in [0.3, 0.4) is 0 Å². The molecule has 1 aliphatic rings. The average Bonchev–Trinajstić information content (AvgIpc) is 3.11. The Bertz CT molecular complexity index is 397. The topological polar surface area (TPSA) is 49.6 Å². The second-order valence-corrected chi connectivity index (χ2v) is 5.42. The maximum Gasteiger partial charge on any atom is 0.191 e. The van der Waals surface area contributed by atoms with Crippen molar-refractivity contribution in [3.8, 4) is 0 Å². The van der Waals surface area contributed by atoms with Gasteiger partial charge in [0, 0.05) is 13.6 Å². The largest absolute Gasteiger partial charge is 0.467 e. The number of halogens is 1. The molecule has 0 unspecified atom stereocenters. The zero-order chi connectivity index (χ0) is 13.6. The van der Waals surface area contributed by atoms with Crippen LogP contribution in [0.25, 0.3) is 0 Å². The van der Waals surface area contributed by atoms with Gasteiger partial charge in [-0.3, -0.25) is 4.99 Å². The highest BCUT2D eigenvalue weighted by molar-refractivity contribution is 14.0. The molecular weight excluding hydrogens is 365 g/mol. The lowest BCUT2D eigenvalue weighted by molar-refractivity contribution is 0.283. The summed E-state index contributed by atoms with van der Waals surface area (Å²) in [6.07, 6.45) is 8.35. The molecule has 5 heteroatoms. The fraction of sp³-hybridized carbons (Fsp3) is 0.667. The molecule has 1 aromatic heterocycles. The first-order valence-corrected chi connectivity index (χ1v) is 7.25. The van der Waals surface area contributed by atoms with Gasteiger partial charge in [-0.05, 0) is 36.8 Å². The third-order valence-corrected chi connectivity index (χ3v) is 4.28. The lowest BCUT2D eigenvalue weighted by atomic mass is 9.83. The summed E-state index contributed by atoms with van der Waals surface area (Å²) in [6, 6.07) is 3.86. The van der Waals surface area contributed by atoms with Crippen LogP contribution < -0.4 is 10.6 Å². The molecule has 20 heavy (non-hydrogen) atoms. The van der Waals surface area contributed by atoms with Crippen LogP contribution in [-0.2, 0) is 6.54 Å². The van der Waals surface area contributed by atoms with Gasteiger partial charge in [-0.2, -0.15) is 0 Å². The molecule has 0 amide bonds. The number of nitrogens with one attached hydrogen (secondary N) is 2. The summed E-state index contributed by atoms with van der Waals surface area (Å²) in [4.78, 5) is 4.27. The van der Waals surface area contributed by atoms with Crippen molar-refractivity contribution in [3.63, 3.8) is 0 Å². The van der Waals surface area contributed by atoms with Gasteiger partial charge in [0.1, 0.15) is 5.76 Å². The third kappa shape index (κ3) is 4.68. The van der Waals surface area contributed by atoms with Crippen molar-refractivity contribution in [1.82, 2.24) is 10.6 Å². The van der Waals surface area contributed by atoms with E-state index in [2.05, 4.69) is 22.5 Å². The summed E-state index contributed by atoms with van der Waals surface area (Å²) < 4.78 is 5.30. The van der Waals surface area contributed by atoms with Gasteiger partial charge in [-0.15, -0.1) is 24.0 Å². The second kappa shape index (κ2) is 8.54. The fourth-order valence-corrected chi connectivity index (χ4v) is 2.86. The monoisotopic (exact) mass is 391 g/mol. The maximum absolute atomic E-state index is 5.30. The normalized spacial score (nSPS) is 17.6. The van der Waals surface area contributed by atoms with Gasteiger partial charge in [-0.1, -0.05) is 19.8 Å². The maximum atomic E-state index is 5.30. The molecule has 1 aliphatic carbocycles. The van der Waals surface area contributed by atoms with E-state index in [-0.39, 0.29) is 24.0 Å². The number of rotatable bonds is 5. The van der Waals surface area contributed by atoms with Crippen LogP contribution >= 0.6 is 24.0 Å². The molecule has 0 aromatic carbocycles. The van der Waals surface area contributed by atoms with Crippen LogP contribution in [0.4, 0.5) is 0 Å². The molecule has 1 saturated carbocycles. The molecule has 0 radical (unpaired) electrons. The minimum atomic E-state index is 0. The van der Waals surface area contributed by atoms with Crippen molar-refractivity contribution in [3.05, 3.63) is 24.2 Å². The average molecular weight is 391 g/mol. The van der Waals surface area contributed by atoms with Crippen molar-refractivity contribution in [2.24, 2.45) is 10.4 Å². The Morgan fingerprint density at radius 1 is 1.35 bits per heavy atom. The van der Waals surface area contributed by atoms with E-state index in [9.17, 15) is 0 Å². The molecule has 0 spiro atoms. The highest BCUT2D eigenvalue weighted by atomic mass is 127. The molecule has 1 heterocycles. The predicted octanol–water partition coefficient (Wildman–Crippen LogP) is 3.53. The number of hydrogen-bond acceptors (Lipinski definition) is 2. The molecule has 0 bridgehead atoms. The van der Waals surface area contributed by atoms with Crippen LogP contribution in [0.5, 0.6) is 0 Å². The minimum Gasteiger partial charge on any atom is -0.467 e. The molecule has 0 atom stereocenters. The van der Waals surface area contributed by atoms with Crippen molar-refractivity contribution in [2.75, 3.05) is 13.6 Å². The van der Waals surface area contributed by atoms with E-state index in [1.807, 2.05) is 19.2 Å². The van der Waals surface area contributed by atoms with E-state index in [1.165, 1.54) is 32.1 Å². The van der Waals surface area contributed by atoms with Crippen LogP contribution in [0.2, 0.25) is 0 Å². The zero-order valence-corrected chi connectivity index (χ0v) is 14.8. The summed E-state index contributed by atoms with van der Waals surface area (Å²) in [5.74, 6) is 1.78. The Morgan fingerprint density at radius 3 is 2.65 bits per heavy atom. The van der Waals surface area contributed by atoms with Gasteiger partial charge in [0.2, 0.25) is 0 Å². The molecular formula is C15H26IN3O. The summed E-state index contributed by atoms with van der Waals surface area (Å²) in [5.41, 5.74) is 0.475. The molecule has 1 fully saturated rings. The summed E-state index contributed by atoms with van der Waals surface area (Å²) in [5, 5.41) is 6.74. The Kier molecular flexibility index (Phi) is 7.40. The first-order chi connectivity index (χ1) is 9.28. The number of hydrogen-bond donors (Lipinski definition) is 2. The van der Waals surface area contributed by atoms with E-state index in [0.29, 0.717) is 12.0 Å². The molecule has 114 valence electrons. The van der Waals surface area contributed by atoms with Gasteiger partial charge >= 0.3 is 0 Å². The van der Waals surface area contributed by atoms with Gasteiger partial charge in [-0.25, -0.2) is 0 Å². The Balaban J connectivity index is 0.00000200. The van der Waals surface area contributed by atoms with Gasteiger partial charge in [0.25, 0.3) is 0 Å². The highest BCUT2D eigenvalue weighted by Gasteiger charge is 2.31. The number of guanidine groups is 1. The van der Waals surface area contributed by atoms with Crippen LogP contribution in [0.1, 0.15) is 44.8 Å². The molecule has 4 nitrogen and oxygen atoms in total. The number of furan rings is 1. The first kappa shape index (κ1) is 17.3. The molecule has 2 N–H and O–H groups in total. The van der Waals surface area contributed by atoms with Crippen molar-refractivity contribution < 1.29 is 4.42 Å². The van der Waals surface area contributed by atoms with Gasteiger partial charge in [0.15, 0.2) is 5.96 Å². The SMILES string of the molecule is CCC1(CNC(=NC)NCc2ccco2)CCCC1.I. The summed E-state index contributed by atoms with van der Waals surface area (Å²) >= 11 is 0. The first-order valence-electron chi connectivity index (χ1n) is 7.25. The number of aliphatic imine (C=N–C) groups is 1. The Hall–Kier alpha value is -0.720. The van der Waals surface area contributed by atoms with Crippen molar-refractivity contribution in [2.45, 2.75) is 45.6 Å². The van der Waals surface area contributed by atoms with E-state index in [4.69, 9.17) is 4.42 Å². The standard InChI is InChI=1S/C15H25N3O.HI/c1-3-15(8-4-5-9-15)12-18-14(16-2)17-11-13-7-6-10-19-13;/h6-7,10H,3-5,8-9,11-12H2,1-2H3,(H2,16,17,18);1H. The quantitative estimate of drug-likeness (QED) is 0.459. The smallest absolute Gasteiger partial charge is 0.191 e. The van der Waals surface area contributed by atoms with Crippen LogP contribution in [0.15, 0.2) is 27.8 Å². The Morgan fingerprint density at radius 2 is 2.10 bits per heavy atom. The lowest BCUT2D eigenvalue weighted by Crippen LogP contribution is -2.42. The summed E-state index contributed by atoms with van der Waals surface area (Å²) in [6.45, 7) is 3.99. The van der Waals surface area contributed by atoms with E-state index in [1.54, 1.807) is 6.26 Å². The van der Waals surface area contributed by atoms with Gasteiger partial charge in [0.05, 0.1) is 12.8 Å². The van der Waals surface area contributed by atoms with Crippen molar-refractivity contribution in [1.29, 1.82) is 0 Å². The summed E-state index contributed by atoms with van der Waals surface area (Å²) in [7, 11) is 1.81. The third-order valence-electron chi connectivity index (χ3n) is 4.28. The molecule has 2 rings (SSSR count). The Labute approximate surface area is 138 Å². The van der Waals surface area contributed by atoms with E-state index < -0.39 is 0 Å². The van der Waals surface area contributed by atoms with E-state index in [0.717, 1.165) is 18.3 Å². The second-order valence-electron chi connectivity index (χ2n) is 5.42. The molecule has 1 aromatic rings. The predicted molar refractivity (Wildman–Crippen MR) is 93.5 cm³/mol. The molecule has 0 aliphatic heterocycles. The molecule has 0 saturated heterocycles. The van der Waals surface area contributed by atoms with Crippen molar-refractivity contribution >= 4 is 29.9 Å². The fourth-order valence-electron chi connectivity index (χ4n) is 2.86. The van der Waals surface area contributed by atoms with Crippen LogP contribution in [-0.4, -0.2) is 19.6 Å². The van der Waals surface area contributed by atoms with Crippen LogP contribution in [0, 0.1) is 5.41 Å². The van der Waals surface area contributed by atoms with Gasteiger partial charge < -0.3 is 15.1 Å².